The number of aromatic nitrogens is 2. The van der Waals surface area contributed by atoms with Gasteiger partial charge >= 0.3 is 6.18 Å². The lowest BCUT2D eigenvalue weighted by molar-refractivity contribution is -0.146. The maximum atomic E-state index is 12.4. The van der Waals surface area contributed by atoms with E-state index >= 15 is 0 Å². The normalized spacial score (nSPS) is 25.4. The maximum absolute atomic E-state index is 12.4. The molecule has 2 heterocycles. The van der Waals surface area contributed by atoms with Crippen molar-refractivity contribution in [3.8, 4) is 0 Å². The molecule has 96 valence electrons. The van der Waals surface area contributed by atoms with E-state index in [-0.39, 0.29) is 5.89 Å². The van der Waals surface area contributed by atoms with Crippen molar-refractivity contribution in [1.29, 1.82) is 0 Å². The Morgan fingerprint density at radius 1 is 1.47 bits per heavy atom. The number of rotatable bonds is 3. The minimum Gasteiger partial charge on any atom is -0.338 e. The number of alkyl halides is 3. The first kappa shape index (κ1) is 12.3. The van der Waals surface area contributed by atoms with Gasteiger partial charge in [0.15, 0.2) is 0 Å². The van der Waals surface area contributed by atoms with Crippen molar-refractivity contribution >= 4 is 0 Å². The molecule has 1 aliphatic heterocycles. The van der Waals surface area contributed by atoms with Crippen LogP contribution in [0.4, 0.5) is 13.2 Å². The Balaban J connectivity index is 2.28. The predicted octanol–water partition coefficient (Wildman–Crippen LogP) is 2.12. The van der Waals surface area contributed by atoms with E-state index in [1.165, 1.54) is 0 Å². The molecule has 1 aliphatic rings. The standard InChI is InChI=1S/C10H14F3N3O/c1-2-3-9(4-5-14-6-9)8-15-7(16-17-8)10(11,12)13/h14H,2-6H2,1H3. The zero-order valence-corrected chi connectivity index (χ0v) is 9.47. The zero-order valence-electron chi connectivity index (χ0n) is 9.47. The van der Waals surface area contributed by atoms with E-state index in [1.807, 2.05) is 6.92 Å². The van der Waals surface area contributed by atoms with E-state index in [2.05, 4.69) is 15.5 Å². The third-order valence-electron chi connectivity index (χ3n) is 3.11. The monoisotopic (exact) mass is 249 g/mol. The van der Waals surface area contributed by atoms with E-state index in [0.29, 0.717) is 6.54 Å². The fourth-order valence-electron chi connectivity index (χ4n) is 2.28. The van der Waals surface area contributed by atoms with Crippen LogP contribution in [0, 0.1) is 0 Å². The summed E-state index contributed by atoms with van der Waals surface area (Å²) in [4.78, 5) is 3.51. The number of nitrogens with zero attached hydrogens (tertiary/aromatic N) is 2. The topological polar surface area (TPSA) is 51.0 Å². The van der Waals surface area contributed by atoms with Crippen LogP contribution in [0.2, 0.25) is 0 Å². The second-order valence-corrected chi connectivity index (χ2v) is 4.38. The van der Waals surface area contributed by atoms with Crippen LogP contribution >= 0.6 is 0 Å². The number of nitrogens with one attached hydrogen (secondary N) is 1. The Bertz CT molecular complexity index is 382. The van der Waals surface area contributed by atoms with Gasteiger partial charge in [0.25, 0.3) is 5.82 Å². The molecule has 1 aromatic rings. The van der Waals surface area contributed by atoms with Gasteiger partial charge in [0.2, 0.25) is 5.89 Å². The first-order chi connectivity index (χ1) is 7.98. The van der Waals surface area contributed by atoms with E-state index in [9.17, 15) is 13.2 Å². The molecule has 0 spiro atoms. The highest BCUT2D eigenvalue weighted by Gasteiger charge is 2.44. The minimum atomic E-state index is -4.54. The average Bonchev–Trinajstić information content (AvgIpc) is 2.84. The van der Waals surface area contributed by atoms with Gasteiger partial charge in [-0.05, 0) is 19.4 Å². The van der Waals surface area contributed by atoms with Gasteiger partial charge in [-0.1, -0.05) is 18.5 Å². The summed E-state index contributed by atoms with van der Waals surface area (Å²) in [5, 5.41) is 6.16. The molecule has 0 aromatic carbocycles. The molecule has 2 rings (SSSR count). The number of halogens is 3. The first-order valence-electron chi connectivity index (χ1n) is 5.60. The molecule has 17 heavy (non-hydrogen) atoms. The zero-order chi connectivity index (χ0) is 12.5. The summed E-state index contributed by atoms with van der Waals surface area (Å²) in [5.41, 5.74) is -0.425. The van der Waals surface area contributed by atoms with Crippen molar-refractivity contribution in [3.05, 3.63) is 11.7 Å². The van der Waals surface area contributed by atoms with Crippen molar-refractivity contribution in [2.24, 2.45) is 0 Å². The van der Waals surface area contributed by atoms with E-state index in [4.69, 9.17) is 4.52 Å². The average molecular weight is 249 g/mol. The van der Waals surface area contributed by atoms with Crippen molar-refractivity contribution in [3.63, 3.8) is 0 Å². The van der Waals surface area contributed by atoms with Crippen LogP contribution in [0.25, 0.3) is 0 Å². The lowest BCUT2D eigenvalue weighted by Crippen LogP contribution is -2.29. The summed E-state index contributed by atoms with van der Waals surface area (Å²) in [6.45, 7) is 3.35. The Hall–Kier alpha value is -1.11. The van der Waals surface area contributed by atoms with Crippen molar-refractivity contribution in [1.82, 2.24) is 15.5 Å². The molecule has 1 N–H and O–H groups in total. The Morgan fingerprint density at radius 2 is 2.24 bits per heavy atom. The molecule has 1 atom stereocenters. The molecule has 4 nitrogen and oxygen atoms in total. The fourth-order valence-corrected chi connectivity index (χ4v) is 2.28. The van der Waals surface area contributed by atoms with Crippen LogP contribution in [-0.2, 0) is 11.6 Å². The van der Waals surface area contributed by atoms with Crippen LogP contribution in [0.1, 0.15) is 37.9 Å². The van der Waals surface area contributed by atoms with Crippen LogP contribution in [0.3, 0.4) is 0 Å². The van der Waals surface area contributed by atoms with Crippen molar-refractivity contribution in [2.75, 3.05) is 13.1 Å². The van der Waals surface area contributed by atoms with Crippen molar-refractivity contribution < 1.29 is 17.7 Å². The van der Waals surface area contributed by atoms with Gasteiger partial charge in [0.1, 0.15) is 0 Å². The highest BCUT2D eigenvalue weighted by atomic mass is 19.4. The summed E-state index contributed by atoms with van der Waals surface area (Å²) >= 11 is 0. The van der Waals surface area contributed by atoms with Gasteiger partial charge < -0.3 is 9.84 Å². The van der Waals surface area contributed by atoms with Gasteiger partial charge in [-0.15, -0.1) is 0 Å². The summed E-state index contributed by atoms with van der Waals surface area (Å²) < 4.78 is 42.0. The van der Waals surface area contributed by atoms with Gasteiger partial charge in [0, 0.05) is 6.54 Å². The summed E-state index contributed by atoms with van der Waals surface area (Å²) in [5.74, 6) is -1.08. The second kappa shape index (κ2) is 4.29. The third kappa shape index (κ3) is 2.29. The smallest absolute Gasteiger partial charge is 0.338 e. The Kier molecular flexibility index (Phi) is 3.11. The molecular formula is C10H14F3N3O. The van der Waals surface area contributed by atoms with Crippen LogP contribution in [0.5, 0.6) is 0 Å². The predicted molar refractivity (Wildman–Crippen MR) is 53.4 cm³/mol. The van der Waals surface area contributed by atoms with Crippen LogP contribution in [0.15, 0.2) is 4.52 Å². The van der Waals surface area contributed by atoms with Gasteiger partial charge in [-0.3, -0.25) is 0 Å². The summed E-state index contributed by atoms with van der Waals surface area (Å²) in [6.07, 6.45) is -2.19. The Morgan fingerprint density at radius 3 is 2.71 bits per heavy atom. The molecule has 0 aliphatic carbocycles. The second-order valence-electron chi connectivity index (χ2n) is 4.38. The molecule has 0 saturated carbocycles. The first-order valence-corrected chi connectivity index (χ1v) is 5.60. The SMILES string of the molecule is CCCC1(c2nc(C(F)(F)F)no2)CCNC1. The van der Waals surface area contributed by atoms with E-state index < -0.39 is 17.4 Å². The third-order valence-corrected chi connectivity index (χ3v) is 3.11. The highest BCUT2D eigenvalue weighted by Crippen LogP contribution is 2.36. The van der Waals surface area contributed by atoms with Gasteiger partial charge in [-0.25, -0.2) is 0 Å². The van der Waals surface area contributed by atoms with E-state index in [0.717, 1.165) is 25.8 Å². The minimum absolute atomic E-state index is 0.108. The van der Waals surface area contributed by atoms with Gasteiger partial charge in [-0.2, -0.15) is 18.2 Å². The molecule has 0 amide bonds. The molecule has 1 fully saturated rings. The highest BCUT2D eigenvalue weighted by molar-refractivity contribution is 5.10. The maximum Gasteiger partial charge on any atom is 0.455 e. The molecule has 0 bridgehead atoms. The summed E-state index contributed by atoms with van der Waals surface area (Å²) in [7, 11) is 0. The molecule has 1 unspecified atom stereocenters. The van der Waals surface area contributed by atoms with E-state index in [1.54, 1.807) is 0 Å². The summed E-state index contributed by atoms with van der Waals surface area (Å²) in [6, 6.07) is 0. The van der Waals surface area contributed by atoms with Crippen LogP contribution in [-0.4, -0.2) is 23.2 Å². The molecule has 0 radical (unpaired) electrons. The molecule has 1 aromatic heterocycles. The lowest BCUT2D eigenvalue weighted by atomic mass is 9.82. The number of hydrogen-bond acceptors (Lipinski definition) is 4. The molecular weight excluding hydrogens is 235 g/mol. The fraction of sp³-hybridized carbons (Fsp3) is 0.800. The molecule has 1 saturated heterocycles. The van der Waals surface area contributed by atoms with Gasteiger partial charge in [0.05, 0.1) is 5.41 Å². The van der Waals surface area contributed by atoms with Crippen molar-refractivity contribution in [2.45, 2.75) is 37.8 Å². The number of hydrogen-bond donors (Lipinski definition) is 1. The van der Waals surface area contributed by atoms with Crippen LogP contribution < -0.4 is 5.32 Å². The quantitative estimate of drug-likeness (QED) is 0.891. The largest absolute Gasteiger partial charge is 0.455 e. The lowest BCUT2D eigenvalue weighted by Gasteiger charge is -2.22. The Labute approximate surface area is 96.6 Å². The molecule has 7 heteroatoms.